The molecule has 18 heavy (non-hydrogen) atoms. The minimum atomic E-state index is 0.356. The molecular weight excluding hydrogens is 226 g/mol. The van der Waals surface area contributed by atoms with Gasteiger partial charge in [0, 0.05) is 18.0 Å². The Kier molecular flexibility index (Phi) is 4.47. The third-order valence-electron chi connectivity index (χ3n) is 2.72. The summed E-state index contributed by atoms with van der Waals surface area (Å²) in [7, 11) is 0. The molecule has 4 heteroatoms. The van der Waals surface area contributed by atoms with Crippen LogP contribution in [0.15, 0.2) is 34.9 Å². The van der Waals surface area contributed by atoms with Crippen LogP contribution in [0.5, 0.6) is 0 Å². The van der Waals surface area contributed by atoms with Gasteiger partial charge in [-0.25, -0.2) is 0 Å². The van der Waals surface area contributed by atoms with Gasteiger partial charge < -0.3 is 9.84 Å². The highest BCUT2D eigenvalue weighted by Crippen LogP contribution is 2.15. The molecule has 0 fully saturated rings. The van der Waals surface area contributed by atoms with Gasteiger partial charge in [-0.2, -0.15) is 4.98 Å². The summed E-state index contributed by atoms with van der Waals surface area (Å²) in [6, 6.07) is 10.2. The molecule has 0 saturated heterocycles. The first-order valence-electron chi connectivity index (χ1n) is 6.41. The molecule has 2 aromatic rings. The number of nitrogens with zero attached hydrogens (tertiary/aromatic N) is 2. The zero-order valence-electron chi connectivity index (χ0n) is 10.9. The van der Waals surface area contributed by atoms with Crippen molar-refractivity contribution in [2.24, 2.45) is 0 Å². The van der Waals surface area contributed by atoms with Crippen molar-refractivity contribution in [1.82, 2.24) is 15.5 Å². The standard InChI is InChI=1S/C14H19N3O/c1-3-9-15-11(2)10-13-16-14(17-18-13)12-7-5-4-6-8-12/h4-8,11,15H,3,9-10H2,1-2H3. The summed E-state index contributed by atoms with van der Waals surface area (Å²) in [5, 5.41) is 7.41. The molecule has 0 radical (unpaired) electrons. The van der Waals surface area contributed by atoms with Crippen molar-refractivity contribution in [2.75, 3.05) is 6.54 Å². The van der Waals surface area contributed by atoms with Crippen molar-refractivity contribution < 1.29 is 4.52 Å². The molecule has 0 bridgehead atoms. The largest absolute Gasteiger partial charge is 0.339 e. The molecule has 0 spiro atoms. The van der Waals surface area contributed by atoms with Crippen LogP contribution in [0.4, 0.5) is 0 Å². The topological polar surface area (TPSA) is 51.0 Å². The van der Waals surface area contributed by atoms with Gasteiger partial charge in [0.2, 0.25) is 11.7 Å². The van der Waals surface area contributed by atoms with Gasteiger partial charge >= 0.3 is 0 Å². The molecule has 0 aliphatic carbocycles. The van der Waals surface area contributed by atoms with Crippen LogP contribution in [0.25, 0.3) is 11.4 Å². The Bertz CT molecular complexity index is 467. The Morgan fingerprint density at radius 1 is 1.28 bits per heavy atom. The number of hydrogen-bond donors (Lipinski definition) is 1. The molecule has 1 unspecified atom stereocenters. The van der Waals surface area contributed by atoms with Crippen LogP contribution in [0.3, 0.4) is 0 Å². The van der Waals surface area contributed by atoms with Crippen molar-refractivity contribution in [3.8, 4) is 11.4 Å². The maximum Gasteiger partial charge on any atom is 0.228 e. The average Bonchev–Trinajstić information content (AvgIpc) is 2.86. The van der Waals surface area contributed by atoms with E-state index in [2.05, 4.69) is 29.3 Å². The lowest BCUT2D eigenvalue weighted by atomic mass is 10.2. The van der Waals surface area contributed by atoms with Crippen molar-refractivity contribution >= 4 is 0 Å². The second-order valence-electron chi connectivity index (χ2n) is 4.44. The molecule has 1 heterocycles. The monoisotopic (exact) mass is 245 g/mol. The molecule has 0 saturated carbocycles. The molecule has 1 atom stereocenters. The first kappa shape index (κ1) is 12.8. The van der Waals surface area contributed by atoms with E-state index in [4.69, 9.17) is 4.52 Å². The van der Waals surface area contributed by atoms with Gasteiger partial charge in [0.25, 0.3) is 0 Å². The minimum Gasteiger partial charge on any atom is -0.339 e. The fourth-order valence-electron chi connectivity index (χ4n) is 1.77. The maximum absolute atomic E-state index is 5.27. The lowest BCUT2D eigenvalue weighted by Crippen LogP contribution is -2.28. The van der Waals surface area contributed by atoms with E-state index < -0.39 is 0 Å². The number of nitrogens with one attached hydrogen (secondary N) is 1. The molecule has 4 nitrogen and oxygen atoms in total. The number of benzene rings is 1. The molecular formula is C14H19N3O. The first-order chi connectivity index (χ1) is 8.79. The summed E-state index contributed by atoms with van der Waals surface area (Å²) in [5.74, 6) is 1.35. The Morgan fingerprint density at radius 3 is 2.78 bits per heavy atom. The van der Waals surface area contributed by atoms with Crippen LogP contribution >= 0.6 is 0 Å². The highest BCUT2D eigenvalue weighted by molar-refractivity contribution is 5.53. The molecule has 2 rings (SSSR count). The highest BCUT2D eigenvalue weighted by atomic mass is 16.5. The van der Waals surface area contributed by atoms with Crippen molar-refractivity contribution in [3.63, 3.8) is 0 Å². The Balaban J connectivity index is 1.98. The summed E-state index contributed by atoms with van der Waals surface area (Å²) in [4.78, 5) is 4.41. The molecule has 1 aromatic carbocycles. The van der Waals surface area contributed by atoms with Gasteiger partial charge in [-0.15, -0.1) is 0 Å². The van der Waals surface area contributed by atoms with E-state index >= 15 is 0 Å². The highest BCUT2D eigenvalue weighted by Gasteiger charge is 2.11. The van der Waals surface area contributed by atoms with E-state index in [-0.39, 0.29) is 0 Å². The van der Waals surface area contributed by atoms with Crippen LogP contribution in [-0.4, -0.2) is 22.7 Å². The molecule has 0 aliphatic heterocycles. The third kappa shape index (κ3) is 3.40. The smallest absolute Gasteiger partial charge is 0.228 e. The van der Waals surface area contributed by atoms with Crippen LogP contribution in [0, 0.1) is 0 Å². The van der Waals surface area contributed by atoms with Gasteiger partial charge in [0.1, 0.15) is 0 Å². The summed E-state index contributed by atoms with van der Waals surface area (Å²) in [5.41, 5.74) is 0.988. The Hall–Kier alpha value is -1.68. The number of aromatic nitrogens is 2. The second-order valence-corrected chi connectivity index (χ2v) is 4.44. The van der Waals surface area contributed by atoms with E-state index in [1.165, 1.54) is 0 Å². The van der Waals surface area contributed by atoms with Crippen LogP contribution in [-0.2, 0) is 6.42 Å². The van der Waals surface area contributed by atoms with Crippen LogP contribution in [0.1, 0.15) is 26.2 Å². The van der Waals surface area contributed by atoms with Gasteiger partial charge in [-0.3, -0.25) is 0 Å². The Morgan fingerprint density at radius 2 is 2.06 bits per heavy atom. The normalized spacial score (nSPS) is 12.6. The summed E-state index contributed by atoms with van der Waals surface area (Å²) in [6.45, 7) is 5.29. The molecule has 0 amide bonds. The zero-order chi connectivity index (χ0) is 12.8. The minimum absolute atomic E-state index is 0.356. The van der Waals surface area contributed by atoms with Crippen molar-refractivity contribution in [1.29, 1.82) is 0 Å². The van der Waals surface area contributed by atoms with E-state index in [0.717, 1.165) is 24.9 Å². The summed E-state index contributed by atoms with van der Waals surface area (Å²) in [6.07, 6.45) is 1.89. The lowest BCUT2D eigenvalue weighted by Gasteiger charge is -2.09. The SMILES string of the molecule is CCCNC(C)Cc1nc(-c2ccccc2)no1. The Labute approximate surface area is 107 Å². The first-order valence-corrected chi connectivity index (χ1v) is 6.41. The molecule has 96 valence electrons. The third-order valence-corrected chi connectivity index (χ3v) is 2.72. The summed E-state index contributed by atoms with van der Waals surface area (Å²) < 4.78 is 5.27. The van der Waals surface area contributed by atoms with Crippen molar-refractivity contribution in [3.05, 3.63) is 36.2 Å². The molecule has 1 aromatic heterocycles. The summed E-state index contributed by atoms with van der Waals surface area (Å²) >= 11 is 0. The van der Waals surface area contributed by atoms with E-state index in [9.17, 15) is 0 Å². The fourth-order valence-corrected chi connectivity index (χ4v) is 1.77. The van der Waals surface area contributed by atoms with E-state index in [1.807, 2.05) is 30.3 Å². The van der Waals surface area contributed by atoms with Gasteiger partial charge in [0.05, 0.1) is 0 Å². The quantitative estimate of drug-likeness (QED) is 0.850. The lowest BCUT2D eigenvalue weighted by molar-refractivity contribution is 0.362. The van der Waals surface area contributed by atoms with Gasteiger partial charge in [-0.1, -0.05) is 42.4 Å². The van der Waals surface area contributed by atoms with E-state index in [1.54, 1.807) is 0 Å². The fraction of sp³-hybridized carbons (Fsp3) is 0.429. The second kappa shape index (κ2) is 6.31. The number of rotatable bonds is 6. The van der Waals surface area contributed by atoms with E-state index in [0.29, 0.717) is 17.8 Å². The average molecular weight is 245 g/mol. The maximum atomic E-state index is 5.27. The van der Waals surface area contributed by atoms with Crippen LogP contribution in [0.2, 0.25) is 0 Å². The van der Waals surface area contributed by atoms with Gasteiger partial charge in [0.15, 0.2) is 0 Å². The van der Waals surface area contributed by atoms with Crippen molar-refractivity contribution in [2.45, 2.75) is 32.7 Å². The predicted octanol–water partition coefficient (Wildman–Crippen LogP) is 2.67. The predicted molar refractivity (Wildman–Crippen MR) is 71.2 cm³/mol. The molecule has 0 aliphatic rings. The van der Waals surface area contributed by atoms with Gasteiger partial charge in [-0.05, 0) is 19.9 Å². The van der Waals surface area contributed by atoms with Crippen LogP contribution < -0.4 is 5.32 Å². The zero-order valence-corrected chi connectivity index (χ0v) is 10.9. The molecule has 1 N–H and O–H groups in total. The number of hydrogen-bond acceptors (Lipinski definition) is 4.